The number of rotatable bonds is 7. The monoisotopic (exact) mass is 533 g/mol. The van der Waals surface area contributed by atoms with E-state index in [4.69, 9.17) is 4.98 Å². The fraction of sp³-hybridized carbons (Fsp3) is 0.312. The van der Waals surface area contributed by atoms with Crippen molar-refractivity contribution < 1.29 is 4.79 Å². The Bertz CT molecular complexity index is 1450. The minimum Gasteiger partial charge on any atom is -0.341 e. The van der Waals surface area contributed by atoms with Crippen molar-refractivity contribution in [3.05, 3.63) is 102 Å². The summed E-state index contributed by atoms with van der Waals surface area (Å²) < 4.78 is 0. The molecule has 0 spiro atoms. The van der Waals surface area contributed by atoms with Crippen LogP contribution in [0.4, 0.5) is 23.3 Å². The largest absolute Gasteiger partial charge is 0.341 e. The van der Waals surface area contributed by atoms with E-state index in [0.717, 1.165) is 56.7 Å². The van der Waals surface area contributed by atoms with Gasteiger partial charge in [-0.2, -0.15) is 4.98 Å². The summed E-state index contributed by atoms with van der Waals surface area (Å²) in [4.78, 5) is 30.0. The fourth-order valence-electron chi connectivity index (χ4n) is 6.08. The molecule has 3 aromatic carbocycles. The van der Waals surface area contributed by atoms with Crippen LogP contribution in [0.15, 0.2) is 85.2 Å². The molecule has 6 rings (SSSR count). The molecule has 1 atom stereocenters. The van der Waals surface area contributed by atoms with Gasteiger partial charge in [-0.25, -0.2) is 9.97 Å². The topological polar surface area (TPSA) is 86.3 Å². The second kappa shape index (κ2) is 11.8. The average molecular weight is 534 g/mol. The van der Waals surface area contributed by atoms with Crippen LogP contribution in [0.3, 0.4) is 0 Å². The Kier molecular flexibility index (Phi) is 7.68. The van der Waals surface area contributed by atoms with Gasteiger partial charge in [-0.15, -0.1) is 0 Å². The predicted octanol–water partition coefficient (Wildman–Crippen LogP) is 5.38. The van der Waals surface area contributed by atoms with Crippen LogP contribution >= 0.6 is 0 Å². The molecule has 8 heteroatoms. The Balaban J connectivity index is 1.13. The summed E-state index contributed by atoms with van der Waals surface area (Å²) >= 11 is 0. The van der Waals surface area contributed by atoms with Gasteiger partial charge in [0.2, 0.25) is 17.8 Å². The first kappa shape index (κ1) is 26.0. The first-order valence-corrected chi connectivity index (χ1v) is 14.1. The zero-order chi connectivity index (χ0) is 27.3. The number of nitrogens with zero attached hydrogens (tertiary/aromatic N) is 5. The van der Waals surface area contributed by atoms with Crippen LogP contribution in [-0.4, -0.2) is 51.4 Å². The maximum atomic E-state index is 11.4. The van der Waals surface area contributed by atoms with Gasteiger partial charge in [-0.05, 0) is 60.6 Å². The van der Waals surface area contributed by atoms with Gasteiger partial charge in [0.15, 0.2) is 0 Å². The molecular weight excluding hydrogens is 498 g/mol. The molecule has 2 aliphatic heterocycles. The van der Waals surface area contributed by atoms with E-state index in [1.807, 2.05) is 24.3 Å². The molecule has 1 saturated heterocycles. The highest BCUT2D eigenvalue weighted by Gasteiger charge is 2.34. The van der Waals surface area contributed by atoms with Crippen molar-refractivity contribution >= 4 is 29.2 Å². The third-order valence-electron chi connectivity index (χ3n) is 7.94. The van der Waals surface area contributed by atoms with Crippen molar-refractivity contribution in [2.75, 3.05) is 35.2 Å². The van der Waals surface area contributed by atoms with Crippen molar-refractivity contribution in [1.82, 2.24) is 19.9 Å². The van der Waals surface area contributed by atoms with E-state index in [2.05, 4.69) is 85.0 Å². The van der Waals surface area contributed by atoms with Gasteiger partial charge in [-0.3, -0.25) is 9.69 Å². The van der Waals surface area contributed by atoms with Gasteiger partial charge in [0.1, 0.15) is 6.33 Å². The lowest BCUT2D eigenvalue weighted by Gasteiger charge is -2.45. The van der Waals surface area contributed by atoms with Crippen molar-refractivity contribution in [2.24, 2.45) is 0 Å². The number of anilines is 4. The highest BCUT2D eigenvalue weighted by Crippen LogP contribution is 2.36. The second-order valence-corrected chi connectivity index (χ2v) is 10.6. The highest BCUT2D eigenvalue weighted by molar-refractivity contribution is 5.89. The molecule has 1 fully saturated rings. The third-order valence-corrected chi connectivity index (χ3v) is 7.94. The van der Waals surface area contributed by atoms with Crippen LogP contribution in [0, 0.1) is 0 Å². The number of aromatic nitrogens is 3. The Hall–Kier alpha value is -4.30. The Morgan fingerprint density at radius 1 is 0.900 bits per heavy atom. The summed E-state index contributed by atoms with van der Waals surface area (Å²) in [6, 6.07) is 28.3. The van der Waals surface area contributed by atoms with Crippen molar-refractivity contribution in [2.45, 2.75) is 44.7 Å². The van der Waals surface area contributed by atoms with Gasteiger partial charge in [-0.1, -0.05) is 60.7 Å². The zero-order valence-corrected chi connectivity index (χ0v) is 22.8. The van der Waals surface area contributed by atoms with Crippen LogP contribution in [0.1, 0.15) is 42.5 Å². The molecule has 0 radical (unpaired) electrons. The first-order chi connectivity index (χ1) is 19.6. The molecule has 4 aromatic rings. The van der Waals surface area contributed by atoms with Crippen molar-refractivity contribution in [3.8, 4) is 0 Å². The molecule has 0 bridgehead atoms. The minimum atomic E-state index is -0.108. The number of benzene rings is 3. The number of hydrogen-bond donors (Lipinski definition) is 2. The molecule has 1 amide bonds. The van der Waals surface area contributed by atoms with Crippen LogP contribution in [0.25, 0.3) is 0 Å². The average Bonchev–Trinajstić information content (AvgIpc) is 2.98. The lowest BCUT2D eigenvalue weighted by atomic mass is 9.86. The predicted molar refractivity (Wildman–Crippen MR) is 159 cm³/mol. The molecule has 8 nitrogen and oxygen atoms in total. The number of hydrogen-bond acceptors (Lipinski definition) is 7. The first-order valence-electron chi connectivity index (χ1n) is 14.1. The zero-order valence-electron chi connectivity index (χ0n) is 22.8. The Labute approximate surface area is 235 Å². The van der Waals surface area contributed by atoms with E-state index < -0.39 is 0 Å². The van der Waals surface area contributed by atoms with Gasteiger partial charge < -0.3 is 15.5 Å². The molecule has 0 aliphatic carbocycles. The van der Waals surface area contributed by atoms with Gasteiger partial charge >= 0.3 is 0 Å². The molecule has 2 aliphatic rings. The molecule has 0 saturated carbocycles. The number of amides is 1. The number of piperidine rings is 1. The standard InChI is InChI=1S/C32H35N7O/c1-23(40)35-26-11-7-12-27(21-26)36-31-33-22-34-32(37-31)38-17-15-28(16-18-38)39-19-14-25-10-5-6-13-29(25)30(39)20-24-8-3-2-4-9-24/h2-13,21-22,28,30H,14-20H2,1H3,(H,35,40)(H,33,34,36,37). The molecule has 204 valence electrons. The summed E-state index contributed by atoms with van der Waals surface area (Å²) in [7, 11) is 0. The van der Waals surface area contributed by atoms with Crippen molar-refractivity contribution in [3.63, 3.8) is 0 Å². The molecule has 3 heterocycles. The van der Waals surface area contributed by atoms with Crippen LogP contribution in [-0.2, 0) is 17.6 Å². The van der Waals surface area contributed by atoms with E-state index in [1.54, 1.807) is 6.33 Å². The normalized spacial score (nSPS) is 17.7. The quantitative estimate of drug-likeness (QED) is 0.330. The van der Waals surface area contributed by atoms with Gasteiger partial charge in [0.05, 0.1) is 0 Å². The second-order valence-electron chi connectivity index (χ2n) is 10.6. The van der Waals surface area contributed by atoms with Crippen LogP contribution < -0.4 is 15.5 Å². The van der Waals surface area contributed by atoms with Crippen LogP contribution in [0.5, 0.6) is 0 Å². The van der Waals surface area contributed by atoms with Gasteiger partial charge in [0.25, 0.3) is 0 Å². The molecule has 1 aromatic heterocycles. The van der Waals surface area contributed by atoms with E-state index in [0.29, 0.717) is 24.0 Å². The van der Waals surface area contributed by atoms with E-state index >= 15 is 0 Å². The maximum absolute atomic E-state index is 11.4. The highest BCUT2D eigenvalue weighted by atomic mass is 16.1. The summed E-state index contributed by atoms with van der Waals surface area (Å²) in [5.74, 6) is 1.07. The number of carbonyl (C=O) groups excluding carboxylic acids is 1. The number of nitrogens with one attached hydrogen (secondary N) is 2. The van der Waals surface area contributed by atoms with E-state index in [9.17, 15) is 4.79 Å². The Morgan fingerprint density at radius 3 is 2.50 bits per heavy atom. The lowest BCUT2D eigenvalue weighted by molar-refractivity contribution is -0.114. The summed E-state index contributed by atoms with van der Waals surface area (Å²) in [5.41, 5.74) is 5.89. The van der Waals surface area contributed by atoms with Crippen molar-refractivity contribution in [1.29, 1.82) is 0 Å². The third kappa shape index (κ3) is 5.97. The molecule has 2 N–H and O–H groups in total. The van der Waals surface area contributed by atoms with E-state index in [-0.39, 0.29) is 5.91 Å². The summed E-state index contributed by atoms with van der Waals surface area (Å²) in [6.07, 6.45) is 5.84. The fourth-order valence-corrected chi connectivity index (χ4v) is 6.08. The molecule has 40 heavy (non-hydrogen) atoms. The summed E-state index contributed by atoms with van der Waals surface area (Å²) in [6.45, 7) is 4.40. The SMILES string of the molecule is CC(=O)Nc1cccc(Nc2ncnc(N3CCC(N4CCc5ccccc5C4Cc4ccccc4)CC3)n2)c1. The number of carbonyl (C=O) groups is 1. The van der Waals surface area contributed by atoms with Crippen LogP contribution in [0.2, 0.25) is 0 Å². The number of fused-ring (bicyclic) bond motifs is 1. The molecule has 1 unspecified atom stereocenters. The van der Waals surface area contributed by atoms with Gasteiger partial charge in [0, 0.05) is 50.0 Å². The smallest absolute Gasteiger partial charge is 0.231 e. The molecular formula is C32H35N7O. The maximum Gasteiger partial charge on any atom is 0.231 e. The van der Waals surface area contributed by atoms with E-state index in [1.165, 1.54) is 23.6 Å². The lowest BCUT2D eigenvalue weighted by Crippen LogP contribution is -2.49. The Morgan fingerprint density at radius 2 is 1.68 bits per heavy atom. The summed E-state index contributed by atoms with van der Waals surface area (Å²) in [5, 5.41) is 6.05. The minimum absolute atomic E-state index is 0.108.